The van der Waals surface area contributed by atoms with Crippen LogP contribution < -0.4 is 0 Å². The number of aliphatic hydroxyl groups is 1. The molecule has 1 N–H and O–H groups in total. The van der Waals surface area contributed by atoms with E-state index < -0.39 is 0 Å². The highest BCUT2D eigenvalue weighted by atomic mass is 79.9. The summed E-state index contributed by atoms with van der Waals surface area (Å²) in [6.07, 6.45) is 0.548. The molecule has 0 aliphatic carbocycles. The van der Waals surface area contributed by atoms with Gasteiger partial charge in [0.25, 0.3) is 0 Å². The third-order valence-corrected chi connectivity index (χ3v) is 0.853. The lowest BCUT2D eigenvalue weighted by molar-refractivity contribution is 0.350. The Morgan fingerprint density at radius 3 is 2.33 bits per heavy atom. The normalized spacial score (nSPS) is 6.44. The molecule has 0 fully saturated rings. The SMILES string of the molecule is OCC#CCC#CCBr. The zero-order valence-corrected chi connectivity index (χ0v) is 6.53. The molecule has 0 saturated heterocycles. The molecule has 1 nitrogen and oxygen atoms in total. The van der Waals surface area contributed by atoms with Crippen LogP contribution >= 0.6 is 15.9 Å². The fraction of sp³-hybridized carbons (Fsp3) is 0.429. The van der Waals surface area contributed by atoms with Crippen LogP contribution in [0.4, 0.5) is 0 Å². The molecule has 0 bridgehead atoms. The van der Waals surface area contributed by atoms with Crippen molar-refractivity contribution in [3.63, 3.8) is 0 Å². The highest BCUT2D eigenvalue weighted by Gasteiger charge is 1.64. The van der Waals surface area contributed by atoms with Gasteiger partial charge in [0.05, 0.1) is 11.8 Å². The molecule has 9 heavy (non-hydrogen) atoms. The second-order valence-electron chi connectivity index (χ2n) is 1.18. The molecule has 0 atom stereocenters. The summed E-state index contributed by atoms with van der Waals surface area (Å²) in [5.41, 5.74) is 0. The first-order valence-corrected chi connectivity index (χ1v) is 3.62. The van der Waals surface area contributed by atoms with Gasteiger partial charge in [-0.3, -0.25) is 0 Å². The minimum atomic E-state index is -0.0734. The first-order valence-electron chi connectivity index (χ1n) is 2.50. The lowest BCUT2D eigenvalue weighted by atomic mass is 10.4. The summed E-state index contributed by atoms with van der Waals surface area (Å²) in [6.45, 7) is -0.0734. The van der Waals surface area contributed by atoms with Gasteiger partial charge in [0.15, 0.2) is 0 Å². The minimum Gasteiger partial charge on any atom is -0.384 e. The van der Waals surface area contributed by atoms with Gasteiger partial charge in [-0.15, -0.1) is 0 Å². The minimum absolute atomic E-state index is 0.0734. The largest absolute Gasteiger partial charge is 0.384 e. The number of aliphatic hydroxyl groups excluding tert-OH is 1. The topological polar surface area (TPSA) is 20.2 Å². The molecule has 0 spiro atoms. The molecule has 0 rings (SSSR count). The van der Waals surface area contributed by atoms with Crippen molar-refractivity contribution in [1.82, 2.24) is 0 Å². The summed E-state index contributed by atoms with van der Waals surface area (Å²) in [5.74, 6) is 10.7. The lowest BCUT2D eigenvalue weighted by Crippen LogP contribution is -1.70. The standard InChI is InChI=1S/C7H7BrO/c8-6-4-2-1-3-5-7-9/h9H,1,6-7H2. The maximum Gasteiger partial charge on any atom is 0.104 e. The molecular weight excluding hydrogens is 180 g/mol. The average molecular weight is 187 g/mol. The van der Waals surface area contributed by atoms with Crippen LogP contribution in [0.25, 0.3) is 0 Å². The molecule has 0 amide bonds. The summed E-state index contributed by atoms with van der Waals surface area (Å²) in [5, 5.41) is 8.88. The van der Waals surface area contributed by atoms with Gasteiger partial charge in [-0.05, 0) is 0 Å². The van der Waals surface area contributed by atoms with Crippen LogP contribution in [0.5, 0.6) is 0 Å². The van der Waals surface area contributed by atoms with E-state index in [1.807, 2.05) is 0 Å². The van der Waals surface area contributed by atoms with E-state index in [9.17, 15) is 0 Å². The monoisotopic (exact) mass is 186 g/mol. The summed E-state index contributed by atoms with van der Waals surface area (Å²) < 4.78 is 0. The quantitative estimate of drug-likeness (QED) is 0.438. The summed E-state index contributed by atoms with van der Waals surface area (Å²) >= 11 is 3.15. The van der Waals surface area contributed by atoms with Gasteiger partial charge in [-0.25, -0.2) is 0 Å². The zero-order chi connectivity index (χ0) is 6.95. The van der Waals surface area contributed by atoms with Gasteiger partial charge in [0.1, 0.15) is 6.61 Å². The molecule has 48 valence electrons. The number of alkyl halides is 1. The Morgan fingerprint density at radius 1 is 1.11 bits per heavy atom. The third-order valence-electron chi connectivity index (χ3n) is 0.573. The van der Waals surface area contributed by atoms with Crippen molar-refractivity contribution in [2.24, 2.45) is 0 Å². The van der Waals surface area contributed by atoms with Crippen LogP contribution in [0.15, 0.2) is 0 Å². The Bertz CT molecular complexity index is 145. The van der Waals surface area contributed by atoms with Crippen molar-refractivity contribution >= 4 is 15.9 Å². The molecule has 0 aromatic rings. The Morgan fingerprint density at radius 2 is 1.78 bits per heavy atom. The molecule has 0 aromatic heterocycles. The summed E-state index contributed by atoms with van der Waals surface area (Å²) in [6, 6.07) is 0. The van der Waals surface area contributed by atoms with Crippen molar-refractivity contribution in [2.75, 3.05) is 11.9 Å². The Kier molecular flexibility index (Phi) is 7.19. The van der Waals surface area contributed by atoms with E-state index in [1.54, 1.807) is 0 Å². The second-order valence-corrected chi connectivity index (χ2v) is 1.74. The predicted molar refractivity (Wildman–Crippen MR) is 41.0 cm³/mol. The first kappa shape index (κ1) is 8.56. The van der Waals surface area contributed by atoms with Crippen molar-refractivity contribution in [3.8, 4) is 23.7 Å². The van der Waals surface area contributed by atoms with Crippen LogP contribution in [-0.4, -0.2) is 17.0 Å². The fourth-order valence-electron chi connectivity index (χ4n) is 0.272. The first-order chi connectivity index (χ1) is 4.41. The molecule has 0 aliphatic heterocycles. The molecular formula is C7H7BrO. The van der Waals surface area contributed by atoms with E-state index in [4.69, 9.17) is 5.11 Å². The van der Waals surface area contributed by atoms with Crippen molar-refractivity contribution in [1.29, 1.82) is 0 Å². The van der Waals surface area contributed by atoms with Gasteiger partial charge in [-0.1, -0.05) is 39.6 Å². The maximum atomic E-state index is 8.19. The van der Waals surface area contributed by atoms with Crippen LogP contribution in [0.1, 0.15) is 6.42 Å². The maximum absolute atomic E-state index is 8.19. The average Bonchev–Trinajstić information content (AvgIpc) is 1.89. The van der Waals surface area contributed by atoms with Crippen molar-refractivity contribution in [3.05, 3.63) is 0 Å². The number of halogens is 1. The van der Waals surface area contributed by atoms with Crippen LogP contribution in [0.3, 0.4) is 0 Å². The highest BCUT2D eigenvalue weighted by Crippen LogP contribution is 1.75. The smallest absolute Gasteiger partial charge is 0.104 e. The fourth-order valence-corrected chi connectivity index (χ4v) is 0.471. The Hall–Kier alpha value is -0.440. The zero-order valence-electron chi connectivity index (χ0n) is 4.95. The van der Waals surface area contributed by atoms with E-state index in [0.29, 0.717) is 11.8 Å². The third kappa shape index (κ3) is 7.56. The molecule has 0 heterocycles. The van der Waals surface area contributed by atoms with Gasteiger partial charge in [0.2, 0.25) is 0 Å². The molecule has 0 saturated carbocycles. The van der Waals surface area contributed by atoms with E-state index in [0.717, 1.165) is 0 Å². The van der Waals surface area contributed by atoms with Crippen LogP contribution in [0, 0.1) is 23.7 Å². The molecule has 0 aliphatic rings. The lowest BCUT2D eigenvalue weighted by Gasteiger charge is -1.70. The van der Waals surface area contributed by atoms with Crippen molar-refractivity contribution < 1.29 is 5.11 Å². The van der Waals surface area contributed by atoms with E-state index in [-0.39, 0.29) is 6.61 Å². The van der Waals surface area contributed by atoms with Crippen molar-refractivity contribution in [2.45, 2.75) is 6.42 Å². The number of rotatable bonds is 0. The Labute approximate surface area is 63.6 Å². The second kappa shape index (κ2) is 7.56. The van der Waals surface area contributed by atoms with E-state index in [1.165, 1.54) is 0 Å². The predicted octanol–water partition coefficient (Wildman–Crippen LogP) is 0.770. The summed E-state index contributed by atoms with van der Waals surface area (Å²) in [7, 11) is 0. The van der Waals surface area contributed by atoms with Crippen LogP contribution in [0.2, 0.25) is 0 Å². The highest BCUT2D eigenvalue weighted by molar-refractivity contribution is 9.09. The summed E-state index contributed by atoms with van der Waals surface area (Å²) in [4.78, 5) is 0. The molecule has 0 radical (unpaired) electrons. The van der Waals surface area contributed by atoms with E-state index >= 15 is 0 Å². The number of hydrogen-bond donors (Lipinski definition) is 1. The Balaban J connectivity index is 3.28. The van der Waals surface area contributed by atoms with Crippen LogP contribution in [-0.2, 0) is 0 Å². The molecule has 0 aromatic carbocycles. The van der Waals surface area contributed by atoms with Gasteiger partial charge < -0.3 is 5.11 Å². The molecule has 0 unspecified atom stereocenters. The molecule has 2 heteroatoms. The van der Waals surface area contributed by atoms with Gasteiger partial charge in [0, 0.05) is 0 Å². The van der Waals surface area contributed by atoms with E-state index in [2.05, 4.69) is 39.6 Å². The van der Waals surface area contributed by atoms with Gasteiger partial charge >= 0.3 is 0 Å². The number of hydrogen-bond acceptors (Lipinski definition) is 1. The van der Waals surface area contributed by atoms with Gasteiger partial charge in [-0.2, -0.15) is 0 Å².